The normalized spacial score (nSPS) is 27.6. The number of carbonyl (C=O) groups is 1. The van der Waals surface area contributed by atoms with Gasteiger partial charge in [-0.05, 0) is 38.5 Å². The minimum Gasteiger partial charge on any atom is -0.381 e. The number of nitrogens with one attached hydrogen (secondary N) is 1. The van der Waals surface area contributed by atoms with Crippen molar-refractivity contribution < 1.29 is 14.3 Å². The van der Waals surface area contributed by atoms with Gasteiger partial charge in [0, 0.05) is 20.8 Å². The first-order chi connectivity index (χ1) is 8.58. The molecule has 0 saturated heterocycles. The van der Waals surface area contributed by atoms with E-state index in [1.807, 2.05) is 6.92 Å². The zero-order valence-electron chi connectivity index (χ0n) is 11.6. The van der Waals surface area contributed by atoms with Crippen molar-refractivity contribution in [2.75, 3.05) is 20.8 Å². The monoisotopic (exact) mass is 258 g/mol. The molecule has 0 radical (unpaired) electrons. The van der Waals surface area contributed by atoms with Crippen LogP contribution in [0.1, 0.15) is 32.6 Å². The Morgan fingerprint density at radius 1 is 1.39 bits per heavy atom. The molecular formula is C13H26N2O3. The Labute approximate surface area is 109 Å². The molecule has 1 fully saturated rings. The fourth-order valence-corrected chi connectivity index (χ4v) is 2.31. The van der Waals surface area contributed by atoms with Crippen LogP contribution < -0.4 is 11.1 Å². The van der Waals surface area contributed by atoms with Crippen LogP contribution in [0.25, 0.3) is 0 Å². The van der Waals surface area contributed by atoms with Gasteiger partial charge in [0.25, 0.3) is 0 Å². The maximum absolute atomic E-state index is 11.4. The van der Waals surface area contributed by atoms with Crippen molar-refractivity contribution in [2.24, 2.45) is 11.7 Å². The lowest BCUT2D eigenvalue weighted by Crippen LogP contribution is -2.47. The van der Waals surface area contributed by atoms with Crippen molar-refractivity contribution >= 4 is 5.91 Å². The summed E-state index contributed by atoms with van der Waals surface area (Å²) in [7, 11) is 3.35. The maximum Gasteiger partial charge on any atom is 0.239 e. The van der Waals surface area contributed by atoms with E-state index >= 15 is 0 Å². The summed E-state index contributed by atoms with van der Waals surface area (Å²) in [4.78, 5) is 11.4. The Kier molecular flexibility index (Phi) is 6.60. The minimum absolute atomic E-state index is 0.175. The Hall–Kier alpha value is -0.650. The first-order valence-corrected chi connectivity index (χ1v) is 6.70. The van der Waals surface area contributed by atoms with Crippen LogP contribution in [0.2, 0.25) is 0 Å². The van der Waals surface area contributed by atoms with Gasteiger partial charge in [0.05, 0.1) is 12.2 Å². The molecule has 0 aromatic heterocycles. The number of likely N-dealkylation sites (N-methyl/N-ethyl adjacent to an activating group) is 1. The maximum atomic E-state index is 11.4. The zero-order valence-corrected chi connectivity index (χ0v) is 11.6. The largest absolute Gasteiger partial charge is 0.381 e. The van der Waals surface area contributed by atoms with Gasteiger partial charge in [0.1, 0.15) is 6.04 Å². The summed E-state index contributed by atoms with van der Waals surface area (Å²) in [5, 5.41) is 2.54. The fraction of sp³-hybridized carbons (Fsp3) is 0.923. The molecule has 106 valence electrons. The molecule has 5 heteroatoms. The summed E-state index contributed by atoms with van der Waals surface area (Å²) in [6.07, 6.45) is 4.61. The number of methoxy groups -OCH3 is 1. The third-order valence-electron chi connectivity index (χ3n) is 3.78. The predicted octanol–water partition coefficient (Wildman–Crippen LogP) is 0.670. The second kappa shape index (κ2) is 7.71. The van der Waals surface area contributed by atoms with E-state index in [9.17, 15) is 4.79 Å². The van der Waals surface area contributed by atoms with E-state index in [0.29, 0.717) is 18.6 Å². The van der Waals surface area contributed by atoms with Gasteiger partial charge in [-0.1, -0.05) is 0 Å². The Morgan fingerprint density at radius 3 is 2.50 bits per heavy atom. The van der Waals surface area contributed by atoms with Crippen LogP contribution in [0.4, 0.5) is 0 Å². The second-order valence-electron chi connectivity index (χ2n) is 5.06. The molecule has 0 aromatic carbocycles. The van der Waals surface area contributed by atoms with Crippen LogP contribution in [0.3, 0.4) is 0 Å². The minimum atomic E-state index is -0.592. The molecule has 1 amide bonds. The van der Waals surface area contributed by atoms with E-state index in [1.54, 1.807) is 14.2 Å². The molecule has 2 atom stereocenters. The fourth-order valence-electron chi connectivity index (χ4n) is 2.31. The van der Waals surface area contributed by atoms with Crippen LogP contribution in [-0.4, -0.2) is 44.9 Å². The van der Waals surface area contributed by atoms with Gasteiger partial charge in [-0.25, -0.2) is 0 Å². The van der Waals surface area contributed by atoms with Gasteiger partial charge in [-0.3, -0.25) is 4.79 Å². The van der Waals surface area contributed by atoms with Crippen LogP contribution in [-0.2, 0) is 14.3 Å². The molecule has 1 rings (SSSR count). The number of hydrogen-bond donors (Lipinski definition) is 2. The molecule has 0 bridgehead atoms. The lowest BCUT2D eigenvalue weighted by molar-refractivity contribution is -0.125. The molecule has 0 aliphatic heterocycles. The van der Waals surface area contributed by atoms with Gasteiger partial charge in [0.15, 0.2) is 0 Å². The van der Waals surface area contributed by atoms with Gasteiger partial charge in [-0.15, -0.1) is 0 Å². The highest BCUT2D eigenvalue weighted by molar-refractivity contribution is 5.81. The molecule has 1 aliphatic rings. The summed E-state index contributed by atoms with van der Waals surface area (Å²) in [5.41, 5.74) is 5.77. The van der Waals surface area contributed by atoms with Crippen LogP contribution in [0.15, 0.2) is 0 Å². The standard InChI is InChI=1S/C13H26N2O3/c1-9(12(14)13(16)15-2)18-8-10-4-6-11(17-3)7-5-10/h9-12H,4-8,14H2,1-3H3,(H,15,16)/t9-,10?,11?,12+/m1/s1. The van der Waals surface area contributed by atoms with Crippen LogP contribution >= 0.6 is 0 Å². The summed E-state index contributed by atoms with van der Waals surface area (Å²) < 4.78 is 11.0. The SMILES string of the molecule is CNC(=O)[C@@H](N)[C@@H](C)OCC1CCC(OC)CC1. The van der Waals surface area contributed by atoms with Gasteiger partial charge in [-0.2, -0.15) is 0 Å². The first kappa shape index (κ1) is 15.4. The van der Waals surface area contributed by atoms with E-state index in [0.717, 1.165) is 25.7 Å². The highest BCUT2D eigenvalue weighted by Crippen LogP contribution is 2.26. The van der Waals surface area contributed by atoms with Crippen molar-refractivity contribution in [2.45, 2.75) is 50.9 Å². The smallest absolute Gasteiger partial charge is 0.239 e. The van der Waals surface area contributed by atoms with E-state index in [2.05, 4.69) is 5.32 Å². The number of amides is 1. The van der Waals surface area contributed by atoms with Crippen molar-refractivity contribution in [3.63, 3.8) is 0 Å². The summed E-state index contributed by atoms with van der Waals surface area (Å²) >= 11 is 0. The quantitative estimate of drug-likeness (QED) is 0.734. The van der Waals surface area contributed by atoms with Crippen molar-refractivity contribution in [1.29, 1.82) is 0 Å². The third kappa shape index (κ3) is 4.55. The number of ether oxygens (including phenoxy) is 2. The first-order valence-electron chi connectivity index (χ1n) is 6.70. The zero-order chi connectivity index (χ0) is 13.5. The van der Waals surface area contributed by atoms with Crippen LogP contribution in [0, 0.1) is 5.92 Å². The molecule has 5 nitrogen and oxygen atoms in total. The molecule has 0 spiro atoms. The topological polar surface area (TPSA) is 73.6 Å². The second-order valence-corrected chi connectivity index (χ2v) is 5.06. The predicted molar refractivity (Wildman–Crippen MR) is 70.2 cm³/mol. The van der Waals surface area contributed by atoms with Crippen molar-refractivity contribution in [3.05, 3.63) is 0 Å². The van der Waals surface area contributed by atoms with Gasteiger partial charge >= 0.3 is 0 Å². The Morgan fingerprint density at radius 2 is 2.00 bits per heavy atom. The number of rotatable bonds is 6. The molecule has 1 aliphatic carbocycles. The molecule has 0 unspecified atom stereocenters. The number of carbonyl (C=O) groups excluding carboxylic acids is 1. The van der Waals surface area contributed by atoms with E-state index in [1.165, 1.54) is 0 Å². The van der Waals surface area contributed by atoms with Crippen molar-refractivity contribution in [1.82, 2.24) is 5.32 Å². The van der Waals surface area contributed by atoms with E-state index < -0.39 is 6.04 Å². The lowest BCUT2D eigenvalue weighted by Gasteiger charge is -2.29. The van der Waals surface area contributed by atoms with Gasteiger partial charge < -0.3 is 20.5 Å². The number of nitrogens with two attached hydrogens (primary N) is 1. The van der Waals surface area contributed by atoms with Crippen LogP contribution in [0.5, 0.6) is 0 Å². The molecule has 3 N–H and O–H groups in total. The summed E-state index contributed by atoms with van der Waals surface area (Å²) in [6.45, 7) is 2.53. The average molecular weight is 258 g/mol. The molecule has 1 saturated carbocycles. The summed E-state index contributed by atoms with van der Waals surface area (Å²) in [5.74, 6) is 0.390. The van der Waals surface area contributed by atoms with E-state index in [-0.39, 0.29) is 12.0 Å². The van der Waals surface area contributed by atoms with Gasteiger partial charge in [0.2, 0.25) is 5.91 Å². The Balaban J connectivity index is 2.23. The lowest BCUT2D eigenvalue weighted by atomic mass is 9.88. The van der Waals surface area contributed by atoms with E-state index in [4.69, 9.17) is 15.2 Å². The molecule has 0 heterocycles. The third-order valence-corrected chi connectivity index (χ3v) is 3.78. The number of hydrogen-bond acceptors (Lipinski definition) is 4. The highest BCUT2D eigenvalue weighted by Gasteiger charge is 2.24. The summed E-state index contributed by atoms with van der Waals surface area (Å²) in [6, 6.07) is -0.592. The molecule has 0 aromatic rings. The molecule has 18 heavy (non-hydrogen) atoms. The average Bonchev–Trinajstić information content (AvgIpc) is 2.43. The Bertz CT molecular complexity index is 253. The highest BCUT2D eigenvalue weighted by atomic mass is 16.5. The van der Waals surface area contributed by atoms with Crippen molar-refractivity contribution in [3.8, 4) is 0 Å². The molecular weight excluding hydrogens is 232 g/mol.